The van der Waals surface area contributed by atoms with Gasteiger partial charge < -0.3 is 9.47 Å². The topological polar surface area (TPSA) is 60.2 Å². The maximum Gasteiger partial charge on any atom is 0.343 e. The summed E-state index contributed by atoms with van der Waals surface area (Å²) in [5.74, 6) is 0.830. The van der Waals surface area contributed by atoms with Crippen LogP contribution in [0.25, 0.3) is 21.5 Å². The number of nitrogens with zero attached hydrogens (tertiary/aromatic N) is 2. The molecule has 0 radical (unpaired) electrons. The van der Waals surface area contributed by atoms with Gasteiger partial charge in [0.05, 0.1) is 23.5 Å². The molecule has 0 bridgehead atoms. The number of unbranched alkanes of at least 4 members (excludes halogenated alkanes) is 7. The Kier molecular flexibility index (Phi) is 10.3. The van der Waals surface area contributed by atoms with E-state index in [-0.39, 0.29) is 0 Å². The first kappa shape index (κ1) is 29.0. The molecule has 0 heterocycles. The number of azo groups is 1. The Morgan fingerprint density at radius 3 is 2.12 bits per heavy atom. The predicted molar refractivity (Wildman–Crippen MR) is 172 cm³/mol. The van der Waals surface area contributed by atoms with E-state index in [0.717, 1.165) is 39.4 Å². The third kappa shape index (κ3) is 7.82. The van der Waals surface area contributed by atoms with Gasteiger partial charge >= 0.3 is 5.97 Å². The van der Waals surface area contributed by atoms with Crippen LogP contribution in [0, 0.1) is 0 Å². The maximum atomic E-state index is 13.0. The Labute approximate surface area is 248 Å². The van der Waals surface area contributed by atoms with Gasteiger partial charge in [-0.1, -0.05) is 106 Å². The van der Waals surface area contributed by atoms with Crippen LogP contribution in [0.3, 0.4) is 0 Å². The summed E-state index contributed by atoms with van der Waals surface area (Å²) in [5, 5.41) is 12.9. The standard InChI is InChI=1S/C37H38N2O3/c1-2-3-4-5-6-7-8-13-26-41-32-22-19-29(20-23-32)37(40)42-36-25-24-35(33-16-11-12-17-34(33)36)39-38-31-21-18-28-14-9-10-15-30(28)27-31/h9-12,14-25,27H,2-8,13,26H2,1H3. The number of hydrogen-bond donors (Lipinski definition) is 0. The van der Waals surface area contributed by atoms with E-state index in [0.29, 0.717) is 23.6 Å². The van der Waals surface area contributed by atoms with Crippen molar-refractivity contribution in [3.63, 3.8) is 0 Å². The fourth-order valence-electron chi connectivity index (χ4n) is 5.05. The molecular formula is C37H38N2O3. The van der Waals surface area contributed by atoms with Gasteiger partial charge in [0, 0.05) is 10.8 Å². The third-order valence-corrected chi connectivity index (χ3v) is 7.43. The van der Waals surface area contributed by atoms with Gasteiger partial charge in [-0.15, -0.1) is 5.11 Å². The van der Waals surface area contributed by atoms with E-state index in [4.69, 9.17) is 9.47 Å². The lowest BCUT2D eigenvalue weighted by atomic mass is 10.1. The molecule has 0 atom stereocenters. The van der Waals surface area contributed by atoms with Crippen molar-refractivity contribution in [3.05, 3.63) is 109 Å². The number of carbonyl (C=O) groups excluding carboxylic acids is 1. The van der Waals surface area contributed by atoms with Crippen molar-refractivity contribution in [2.24, 2.45) is 10.2 Å². The Hall–Kier alpha value is -4.51. The first-order chi connectivity index (χ1) is 20.7. The van der Waals surface area contributed by atoms with E-state index in [1.54, 1.807) is 18.2 Å². The number of esters is 1. The average molecular weight is 559 g/mol. The van der Waals surface area contributed by atoms with Gasteiger partial charge in [0.15, 0.2) is 0 Å². The number of benzene rings is 5. The largest absolute Gasteiger partial charge is 0.494 e. The Balaban J connectivity index is 1.18. The van der Waals surface area contributed by atoms with Gasteiger partial charge in [0.25, 0.3) is 0 Å². The minimum Gasteiger partial charge on any atom is -0.494 e. The Morgan fingerprint density at radius 2 is 1.33 bits per heavy atom. The van der Waals surface area contributed by atoms with Crippen LogP contribution < -0.4 is 9.47 Å². The highest BCUT2D eigenvalue weighted by Gasteiger charge is 2.13. The van der Waals surface area contributed by atoms with E-state index in [1.165, 1.54) is 44.9 Å². The Bertz CT molecular complexity index is 1640. The summed E-state index contributed by atoms with van der Waals surface area (Å²) in [6.45, 7) is 2.94. The summed E-state index contributed by atoms with van der Waals surface area (Å²) >= 11 is 0. The normalized spacial score (nSPS) is 11.4. The molecule has 42 heavy (non-hydrogen) atoms. The van der Waals surface area contributed by atoms with Crippen LogP contribution in [-0.2, 0) is 0 Å². The molecule has 5 aromatic rings. The molecule has 0 aliphatic carbocycles. The monoisotopic (exact) mass is 558 g/mol. The molecule has 0 spiro atoms. The molecule has 5 heteroatoms. The minimum atomic E-state index is -0.416. The predicted octanol–water partition coefficient (Wildman–Crippen LogP) is 11.1. The van der Waals surface area contributed by atoms with Crippen LogP contribution in [0.15, 0.2) is 113 Å². The quantitative estimate of drug-likeness (QED) is 0.0589. The number of hydrogen-bond acceptors (Lipinski definition) is 5. The third-order valence-electron chi connectivity index (χ3n) is 7.43. The number of carbonyl (C=O) groups is 1. The molecular weight excluding hydrogens is 520 g/mol. The van der Waals surface area contributed by atoms with Crippen LogP contribution in [0.4, 0.5) is 11.4 Å². The van der Waals surface area contributed by atoms with Crippen LogP contribution in [-0.4, -0.2) is 12.6 Å². The molecule has 0 aliphatic heterocycles. The summed E-state index contributed by atoms with van der Waals surface area (Å²) in [4.78, 5) is 13.0. The van der Waals surface area contributed by atoms with Crippen molar-refractivity contribution in [1.29, 1.82) is 0 Å². The van der Waals surface area contributed by atoms with Crippen molar-refractivity contribution < 1.29 is 14.3 Å². The molecule has 0 aliphatic rings. The van der Waals surface area contributed by atoms with E-state index >= 15 is 0 Å². The van der Waals surface area contributed by atoms with Gasteiger partial charge in [-0.2, -0.15) is 5.11 Å². The lowest BCUT2D eigenvalue weighted by molar-refractivity contribution is 0.0737. The second-order valence-electron chi connectivity index (χ2n) is 10.6. The van der Waals surface area contributed by atoms with Crippen LogP contribution in [0.2, 0.25) is 0 Å². The lowest BCUT2D eigenvalue weighted by Gasteiger charge is -2.10. The van der Waals surface area contributed by atoms with Crippen molar-refractivity contribution in [3.8, 4) is 11.5 Å². The highest BCUT2D eigenvalue weighted by molar-refractivity contribution is 5.99. The average Bonchev–Trinajstić information content (AvgIpc) is 3.03. The zero-order valence-corrected chi connectivity index (χ0v) is 24.3. The zero-order valence-electron chi connectivity index (χ0n) is 24.3. The van der Waals surface area contributed by atoms with E-state index in [1.807, 2.05) is 72.8 Å². The fraction of sp³-hybridized carbons (Fsp3) is 0.270. The minimum absolute atomic E-state index is 0.416. The molecule has 0 N–H and O–H groups in total. The molecule has 0 saturated heterocycles. The summed E-state index contributed by atoms with van der Waals surface area (Å²) in [6, 6.07) is 32.7. The van der Waals surface area contributed by atoms with E-state index in [9.17, 15) is 4.79 Å². The lowest BCUT2D eigenvalue weighted by Crippen LogP contribution is -2.08. The highest BCUT2D eigenvalue weighted by atomic mass is 16.5. The number of rotatable bonds is 14. The van der Waals surface area contributed by atoms with Crippen molar-refractivity contribution in [2.45, 2.75) is 58.3 Å². The van der Waals surface area contributed by atoms with Crippen LogP contribution in [0.5, 0.6) is 11.5 Å². The van der Waals surface area contributed by atoms with Crippen molar-refractivity contribution in [1.82, 2.24) is 0 Å². The number of ether oxygens (including phenoxy) is 2. The molecule has 5 aromatic carbocycles. The zero-order chi connectivity index (χ0) is 29.0. The van der Waals surface area contributed by atoms with Gasteiger partial charge in [-0.05, 0) is 65.7 Å². The van der Waals surface area contributed by atoms with Crippen molar-refractivity contribution >= 4 is 38.9 Å². The summed E-state index contributed by atoms with van der Waals surface area (Å²) < 4.78 is 11.7. The number of fused-ring (bicyclic) bond motifs is 2. The van der Waals surface area contributed by atoms with Gasteiger partial charge in [-0.3, -0.25) is 0 Å². The second-order valence-corrected chi connectivity index (χ2v) is 10.6. The second kappa shape index (κ2) is 14.9. The maximum absolute atomic E-state index is 13.0. The Morgan fingerprint density at radius 1 is 0.643 bits per heavy atom. The van der Waals surface area contributed by atoms with Crippen molar-refractivity contribution in [2.75, 3.05) is 6.61 Å². The molecule has 0 unspecified atom stereocenters. The van der Waals surface area contributed by atoms with Crippen LogP contribution >= 0.6 is 0 Å². The fourth-order valence-corrected chi connectivity index (χ4v) is 5.05. The van der Waals surface area contributed by atoms with Gasteiger partial charge in [-0.25, -0.2) is 4.79 Å². The summed E-state index contributed by atoms with van der Waals surface area (Å²) in [7, 11) is 0. The molecule has 5 rings (SSSR count). The van der Waals surface area contributed by atoms with E-state index < -0.39 is 5.97 Å². The molecule has 214 valence electrons. The van der Waals surface area contributed by atoms with Gasteiger partial charge in [0.2, 0.25) is 0 Å². The SMILES string of the molecule is CCCCCCCCCCOc1ccc(C(=O)Oc2ccc(N=Nc3ccc4ccccc4c3)c3ccccc23)cc1. The smallest absolute Gasteiger partial charge is 0.343 e. The summed E-state index contributed by atoms with van der Waals surface area (Å²) in [5.41, 5.74) is 1.95. The summed E-state index contributed by atoms with van der Waals surface area (Å²) in [6.07, 6.45) is 10.1. The first-order valence-corrected chi connectivity index (χ1v) is 15.1. The highest BCUT2D eigenvalue weighted by Crippen LogP contribution is 2.35. The molecule has 0 aromatic heterocycles. The molecule has 0 fully saturated rings. The van der Waals surface area contributed by atoms with Crippen LogP contribution in [0.1, 0.15) is 68.6 Å². The van der Waals surface area contributed by atoms with E-state index in [2.05, 4.69) is 29.3 Å². The van der Waals surface area contributed by atoms with Gasteiger partial charge in [0.1, 0.15) is 11.5 Å². The first-order valence-electron chi connectivity index (χ1n) is 15.1. The molecule has 5 nitrogen and oxygen atoms in total. The molecule has 0 saturated carbocycles. The molecule has 0 amide bonds.